The summed E-state index contributed by atoms with van der Waals surface area (Å²) in [6, 6.07) is 21.5. The van der Waals surface area contributed by atoms with Gasteiger partial charge in [-0.25, -0.2) is 0 Å². The van der Waals surface area contributed by atoms with Gasteiger partial charge in [0.2, 0.25) is 0 Å². The van der Waals surface area contributed by atoms with Crippen LogP contribution in [0.5, 0.6) is 0 Å². The average molecular weight is 253 g/mol. The van der Waals surface area contributed by atoms with Crippen molar-refractivity contribution in [2.75, 3.05) is 19.6 Å². The van der Waals surface area contributed by atoms with Crippen molar-refractivity contribution >= 4 is 0 Å². The normalized spacial score (nSPS) is 10.8. The number of benzene rings is 2. The first kappa shape index (κ1) is 13.8. The summed E-state index contributed by atoms with van der Waals surface area (Å²) in [6.07, 6.45) is 2.28. The van der Waals surface area contributed by atoms with Crippen LogP contribution >= 0.6 is 0 Å². The quantitative estimate of drug-likeness (QED) is 0.725. The van der Waals surface area contributed by atoms with Crippen molar-refractivity contribution in [3.05, 3.63) is 71.8 Å². The van der Waals surface area contributed by atoms with Gasteiger partial charge >= 0.3 is 0 Å². The molecule has 2 aromatic carbocycles. The molecule has 0 saturated carbocycles. The monoisotopic (exact) mass is 253 g/mol. The van der Waals surface area contributed by atoms with E-state index in [1.54, 1.807) is 0 Å². The summed E-state index contributed by atoms with van der Waals surface area (Å²) in [4.78, 5) is 2.53. The topological polar surface area (TPSA) is 3.24 Å². The molecular formula is C18H23N. The zero-order valence-electron chi connectivity index (χ0n) is 11.8. The molecule has 100 valence electrons. The van der Waals surface area contributed by atoms with Gasteiger partial charge in [-0.1, -0.05) is 67.6 Å². The Morgan fingerprint density at radius 1 is 0.684 bits per heavy atom. The summed E-state index contributed by atoms with van der Waals surface area (Å²) in [6.45, 7) is 5.66. The van der Waals surface area contributed by atoms with Gasteiger partial charge in [0.15, 0.2) is 0 Å². The lowest BCUT2D eigenvalue weighted by Gasteiger charge is -2.20. The standard InChI is InChI=1S/C18H23N/c1-2-19(15-13-17-9-5-3-6-10-17)16-14-18-11-7-4-8-12-18/h3-12H,2,13-16H2,1H3. The molecule has 0 spiro atoms. The van der Waals surface area contributed by atoms with E-state index in [4.69, 9.17) is 0 Å². The minimum absolute atomic E-state index is 1.12. The van der Waals surface area contributed by atoms with Crippen LogP contribution in [0.15, 0.2) is 60.7 Å². The van der Waals surface area contributed by atoms with Crippen molar-refractivity contribution in [2.45, 2.75) is 19.8 Å². The van der Waals surface area contributed by atoms with Crippen LogP contribution in [-0.4, -0.2) is 24.5 Å². The van der Waals surface area contributed by atoms with Crippen LogP contribution in [0.1, 0.15) is 18.1 Å². The number of rotatable bonds is 7. The summed E-state index contributed by atoms with van der Waals surface area (Å²) in [5.41, 5.74) is 2.86. The minimum Gasteiger partial charge on any atom is -0.303 e. The van der Waals surface area contributed by atoms with Gasteiger partial charge < -0.3 is 4.90 Å². The van der Waals surface area contributed by atoms with E-state index in [1.165, 1.54) is 11.1 Å². The highest BCUT2D eigenvalue weighted by Crippen LogP contribution is 2.04. The molecule has 0 unspecified atom stereocenters. The van der Waals surface area contributed by atoms with Gasteiger partial charge in [-0.3, -0.25) is 0 Å². The van der Waals surface area contributed by atoms with Crippen LogP contribution in [0.4, 0.5) is 0 Å². The lowest BCUT2D eigenvalue weighted by atomic mass is 10.1. The van der Waals surface area contributed by atoms with Crippen molar-refractivity contribution in [3.63, 3.8) is 0 Å². The van der Waals surface area contributed by atoms with E-state index in [9.17, 15) is 0 Å². The van der Waals surface area contributed by atoms with E-state index < -0.39 is 0 Å². The van der Waals surface area contributed by atoms with E-state index in [-0.39, 0.29) is 0 Å². The van der Waals surface area contributed by atoms with Gasteiger partial charge in [0, 0.05) is 13.1 Å². The highest BCUT2D eigenvalue weighted by atomic mass is 15.1. The smallest absolute Gasteiger partial charge is 0.00218 e. The van der Waals surface area contributed by atoms with Crippen molar-refractivity contribution in [1.29, 1.82) is 0 Å². The maximum Gasteiger partial charge on any atom is 0.00218 e. The van der Waals surface area contributed by atoms with Gasteiger partial charge in [-0.15, -0.1) is 0 Å². The number of likely N-dealkylation sites (N-methyl/N-ethyl adjacent to an activating group) is 1. The van der Waals surface area contributed by atoms with E-state index >= 15 is 0 Å². The van der Waals surface area contributed by atoms with Crippen LogP contribution in [0.3, 0.4) is 0 Å². The molecule has 0 N–H and O–H groups in total. The third-order valence-corrected chi connectivity index (χ3v) is 3.57. The second-order valence-corrected chi connectivity index (χ2v) is 4.91. The fourth-order valence-corrected chi connectivity index (χ4v) is 2.29. The average Bonchev–Trinajstić information content (AvgIpc) is 2.49. The van der Waals surface area contributed by atoms with Gasteiger partial charge in [0.1, 0.15) is 0 Å². The molecule has 0 aliphatic rings. The number of hydrogen-bond donors (Lipinski definition) is 0. The van der Waals surface area contributed by atoms with Crippen molar-refractivity contribution < 1.29 is 0 Å². The van der Waals surface area contributed by atoms with E-state index in [2.05, 4.69) is 72.5 Å². The third kappa shape index (κ3) is 4.88. The van der Waals surface area contributed by atoms with Crippen molar-refractivity contribution in [1.82, 2.24) is 4.90 Å². The maximum atomic E-state index is 2.53. The fraction of sp³-hybridized carbons (Fsp3) is 0.333. The Bertz CT molecular complexity index is 406. The molecule has 1 nitrogen and oxygen atoms in total. The Labute approximate surface area is 116 Å². The second-order valence-electron chi connectivity index (χ2n) is 4.91. The Hall–Kier alpha value is -1.60. The number of hydrogen-bond acceptors (Lipinski definition) is 1. The summed E-state index contributed by atoms with van der Waals surface area (Å²) >= 11 is 0. The molecule has 2 rings (SSSR count). The van der Waals surface area contributed by atoms with Crippen LogP contribution in [0, 0.1) is 0 Å². The summed E-state index contributed by atoms with van der Waals surface area (Å²) in [5, 5.41) is 0. The van der Waals surface area contributed by atoms with E-state index in [1.807, 2.05) is 0 Å². The molecule has 0 bridgehead atoms. The van der Waals surface area contributed by atoms with Crippen LogP contribution in [0.25, 0.3) is 0 Å². The fourth-order valence-electron chi connectivity index (χ4n) is 2.29. The van der Waals surface area contributed by atoms with Crippen molar-refractivity contribution in [2.24, 2.45) is 0 Å². The molecule has 0 amide bonds. The van der Waals surface area contributed by atoms with Gasteiger partial charge in [0.05, 0.1) is 0 Å². The Balaban J connectivity index is 1.77. The third-order valence-electron chi connectivity index (χ3n) is 3.57. The molecule has 2 aromatic rings. The summed E-state index contributed by atoms with van der Waals surface area (Å²) in [5.74, 6) is 0. The zero-order valence-corrected chi connectivity index (χ0v) is 11.8. The van der Waals surface area contributed by atoms with Crippen LogP contribution in [0.2, 0.25) is 0 Å². The van der Waals surface area contributed by atoms with E-state index in [0.717, 1.165) is 32.5 Å². The predicted molar refractivity (Wildman–Crippen MR) is 82.4 cm³/mol. The van der Waals surface area contributed by atoms with Gasteiger partial charge in [-0.2, -0.15) is 0 Å². The first-order chi connectivity index (χ1) is 9.38. The molecule has 0 aliphatic carbocycles. The Morgan fingerprint density at radius 3 is 1.47 bits per heavy atom. The van der Waals surface area contributed by atoms with E-state index in [0.29, 0.717) is 0 Å². The molecule has 0 saturated heterocycles. The molecule has 0 heterocycles. The summed E-state index contributed by atoms with van der Waals surface area (Å²) < 4.78 is 0. The lowest BCUT2D eigenvalue weighted by Crippen LogP contribution is -2.28. The molecular weight excluding hydrogens is 230 g/mol. The highest BCUT2D eigenvalue weighted by molar-refractivity contribution is 5.16. The number of nitrogens with zero attached hydrogens (tertiary/aromatic N) is 1. The zero-order chi connectivity index (χ0) is 13.3. The molecule has 1 heteroatoms. The Morgan fingerprint density at radius 2 is 1.11 bits per heavy atom. The highest BCUT2D eigenvalue weighted by Gasteiger charge is 2.03. The summed E-state index contributed by atoms with van der Waals surface area (Å²) in [7, 11) is 0. The maximum absolute atomic E-state index is 2.53. The molecule has 0 aromatic heterocycles. The molecule has 0 fully saturated rings. The predicted octanol–water partition coefficient (Wildman–Crippen LogP) is 3.79. The SMILES string of the molecule is CCN(CCc1ccccc1)CCc1ccccc1. The second kappa shape index (κ2) is 7.75. The molecule has 0 aliphatic heterocycles. The largest absolute Gasteiger partial charge is 0.303 e. The van der Waals surface area contributed by atoms with Crippen LogP contribution in [-0.2, 0) is 12.8 Å². The first-order valence-corrected chi connectivity index (χ1v) is 7.18. The lowest BCUT2D eigenvalue weighted by molar-refractivity contribution is 0.295. The minimum atomic E-state index is 1.12. The molecule has 0 atom stereocenters. The Kier molecular flexibility index (Phi) is 5.64. The van der Waals surface area contributed by atoms with Gasteiger partial charge in [0.25, 0.3) is 0 Å². The molecule has 19 heavy (non-hydrogen) atoms. The van der Waals surface area contributed by atoms with Crippen molar-refractivity contribution in [3.8, 4) is 0 Å². The van der Waals surface area contributed by atoms with Crippen LogP contribution < -0.4 is 0 Å². The van der Waals surface area contributed by atoms with Gasteiger partial charge in [-0.05, 0) is 30.5 Å². The molecule has 0 radical (unpaired) electrons. The first-order valence-electron chi connectivity index (χ1n) is 7.18.